The lowest BCUT2D eigenvalue weighted by Gasteiger charge is -2.23. The highest BCUT2D eigenvalue weighted by atomic mass is 79.9. The molecule has 0 aromatic heterocycles. The van der Waals surface area contributed by atoms with Crippen molar-refractivity contribution in [3.63, 3.8) is 0 Å². The molecule has 1 aliphatic rings. The third kappa shape index (κ3) is 2.91. The van der Waals surface area contributed by atoms with Gasteiger partial charge in [0.2, 0.25) is 0 Å². The van der Waals surface area contributed by atoms with Crippen molar-refractivity contribution in [2.45, 2.75) is 19.3 Å². The summed E-state index contributed by atoms with van der Waals surface area (Å²) in [5, 5.41) is 1.10. The second kappa shape index (κ2) is 6.14. The van der Waals surface area contributed by atoms with Crippen molar-refractivity contribution in [3.05, 3.63) is 24.3 Å². The fraction of sp³-hybridized carbons (Fsp3) is 0.538. The summed E-state index contributed by atoms with van der Waals surface area (Å²) in [5.41, 5.74) is 1.26. The normalized spacial score (nSPS) is 15.2. The van der Waals surface area contributed by atoms with Gasteiger partial charge in [-0.05, 0) is 31.4 Å². The number of fused-ring (bicyclic) bond motifs is 1. The third-order valence-corrected chi connectivity index (χ3v) is 3.41. The topological polar surface area (TPSA) is 12.5 Å². The van der Waals surface area contributed by atoms with E-state index in [1.54, 1.807) is 0 Å². The zero-order chi connectivity index (χ0) is 11.2. The van der Waals surface area contributed by atoms with Crippen molar-refractivity contribution >= 4 is 21.6 Å². The molecule has 1 aromatic rings. The highest BCUT2D eigenvalue weighted by Crippen LogP contribution is 2.30. The van der Waals surface area contributed by atoms with Crippen LogP contribution in [0.1, 0.15) is 19.3 Å². The number of ether oxygens (including phenoxy) is 1. The Kier molecular flexibility index (Phi) is 4.52. The van der Waals surface area contributed by atoms with Gasteiger partial charge in [0.1, 0.15) is 5.75 Å². The maximum Gasteiger partial charge on any atom is 0.142 e. The Bertz CT molecular complexity index is 329. The molecule has 0 spiro atoms. The highest BCUT2D eigenvalue weighted by molar-refractivity contribution is 9.09. The summed E-state index contributed by atoms with van der Waals surface area (Å²) in [6, 6.07) is 8.36. The molecule has 2 rings (SSSR count). The lowest BCUT2D eigenvalue weighted by molar-refractivity contribution is 0.322. The van der Waals surface area contributed by atoms with Crippen LogP contribution < -0.4 is 9.64 Å². The van der Waals surface area contributed by atoms with E-state index in [1.807, 2.05) is 6.07 Å². The Morgan fingerprint density at radius 1 is 1.25 bits per heavy atom. The Morgan fingerprint density at radius 3 is 3.00 bits per heavy atom. The number of anilines is 1. The molecular weight excluding hydrogens is 266 g/mol. The van der Waals surface area contributed by atoms with Crippen LogP contribution in [0, 0.1) is 0 Å². The van der Waals surface area contributed by atoms with E-state index in [1.165, 1.54) is 18.5 Å². The molecule has 16 heavy (non-hydrogen) atoms. The zero-order valence-electron chi connectivity index (χ0n) is 9.49. The van der Waals surface area contributed by atoms with Crippen LogP contribution in [0.5, 0.6) is 5.75 Å². The summed E-state index contributed by atoms with van der Waals surface area (Å²) in [7, 11) is 0. The van der Waals surface area contributed by atoms with Crippen molar-refractivity contribution in [2.75, 3.05) is 29.9 Å². The fourth-order valence-electron chi connectivity index (χ4n) is 2.03. The second-order valence-corrected chi connectivity index (χ2v) is 4.85. The van der Waals surface area contributed by atoms with E-state index in [9.17, 15) is 0 Å². The molecule has 0 radical (unpaired) electrons. The van der Waals surface area contributed by atoms with Gasteiger partial charge in [-0.1, -0.05) is 28.1 Å². The Balaban J connectivity index is 2.06. The highest BCUT2D eigenvalue weighted by Gasteiger charge is 2.14. The average molecular weight is 284 g/mol. The average Bonchev–Trinajstić information content (AvgIpc) is 2.52. The minimum absolute atomic E-state index is 0.839. The maximum absolute atomic E-state index is 5.73. The van der Waals surface area contributed by atoms with E-state index in [2.05, 4.69) is 39.0 Å². The molecule has 0 bridgehead atoms. The van der Waals surface area contributed by atoms with Gasteiger partial charge in [-0.2, -0.15) is 0 Å². The number of hydrogen-bond acceptors (Lipinski definition) is 2. The molecule has 0 saturated heterocycles. The Hall–Kier alpha value is -0.700. The first-order valence-corrected chi connectivity index (χ1v) is 7.06. The van der Waals surface area contributed by atoms with Crippen LogP contribution in [0.4, 0.5) is 5.69 Å². The molecule has 88 valence electrons. The van der Waals surface area contributed by atoms with E-state index < -0.39 is 0 Å². The molecule has 1 aliphatic heterocycles. The van der Waals surface area contributed by atoms with E-state index in [4.69, 9.17) is 4.74 Å². The van der Waals surface area contributed by atoms with Crippen molar-refractivity contribution in [3.8, 4) is 5.75 Å². The fourth-order valence-corrected chi connectivity index (χ4v) is 2.42. The number of nitrogens with zero attached hydrogens (tertiary/aromatic N) is 1. The van der Waals surface area contributed by atoms with E-state index in [-0.39, 0.29) is 0 Å². The number of unbranched alkanes of at least 4 members (excludes halogenated alkanes) is 1. The first-order valence-electron chi connectivity index (χ1n) is 5.94. The lowest BCUT2D eigenvalue weighted by atomic mass is 10.2. The molecule has 1 aromatic carbocycles. The largest absolute Gasteiger partial charge is 0.491 e. The van der Waals surface area contributed by atoms with Crippen molar-refractivity contribution in [2.24, 2.45) is 0 Å². The Labute approximate surface area is 106 Å². The van der Waals surface area contributed by atoms with Crippen LogP contribution in [0.2, 0.25) is 0 Å². The number of halogens is 1. The zero-order valence-corrected chi connectivity index (χ0v) is 11.1. The van der Waals surface area contributed by atoms with Gasteiger partial charge < -0.3 is 9.64 Å². The predicted octanol–water partition coefficient (Wildman–Crippen LogP) is 3.45. The second-order valence-electron chi connectivity index (χ2n) is 4.05. The molecule has 0 amide bonds. The molecule has 2 nitrogen and oxygen atoms in total. The van der Waals surface area contributed by atoms with Crippen molar-refractivity contribution in [1.82, 2.24) is 0 Å². The number of rotatable bonds is 4. The predicted molar refractivity (Wildman–Crippen MR) is 71.8 cm³/mol. The van der Waals surface area contributed by atoms with Crippen LogP contribution in [0.15, 0.2) is 24.3 Å². The van der Waals surface area contributed by atoms with Crippen LogP contribution in [0.25, 0.3) is 0 Å². The summed E-state index contributed by atoms with van der Waals surface area (Å²) in [6.45, 7) is 3.08. The van der Waals surface area contributed by atoms with Crippen molar-refractivity contribution < 1.29 is 4.74 Å². The van der Waals surface area contributed by atoms with E-state index in [0.717, 1.165) is 37.2 Å². The summed E-state index contributed by atoms with van der Waals surface area (Å²) >= 11 is 3.48. The number of hydrogen-bond donors (Lipinski definition) is 0. The number of para-hydroxylation sites is 2. The standard InChI is InChI=1S/C13H18BrNO/c14-8-3-4-9-15-10-5-11-16-13-7-2-1-6-12(13)15/h1-2,6-7H,3-5,8-11H2. The van der Waals surface area contributed by atoms with Crippen LogP contribution in [-0.4, -0.2) is 25.0 Å². The molecule has 3 heteroatoms. The SMILES string of the molecule is BrCCCCN1CCCOc2ccccc21. The van der Waals surface area contributed by atoms with Gasteiger partial charge in [0.25, 0.3) is 0 Å². The van der Waals surface area contributed by atoms with Gasteiger partial charge in [0.05, 0.1) is 12.3 Å². The number of alkyl halides is 1. The van der Waals surface area contributed by atoms with Gasteiger partial charge in [0, 0.05) is 18.4 Å². The summed E-state index contributed by atoms with van der Waals surface area (Å²) in [4.78, 5) is 2.45. The molecular formula is C13H18BrNO. The molecule has 0 unspecified atom stereocenters. The van der Waals surface area contributed by atoms with E-state index >= 15 is 0 Å². The van der Waals surface area contributed by atoms with Gasteiger partial charge >= 0.3 is 0 Å². The van der Waals surface area contributed by atoms with Gasteiger partial charge in [-0.3, -0.25) is 0 Å². The first kappa shape index (κ1) is 11.8. The summed E-state index contributed by atoms with van der Waals surface area (Å²) in [5.74, 6) is 1.04. The molecule has 0 N–H and O–H groups in total. The summed E-state index contributed by atoms with van der Waals surface area (Å²) in [6.07, 6.45) is 3.59. The number of benzene rings is 1. The lowest BCUT2D eigenvalue weighted by Crippen LogP contribution is -2.25. The van der Waals surface area contributed by atoms with Gasteiger partial charge in [-0.15, -0.1) is 0 Å². The smallest absolute Gasteiger partial charge is 0.142 e. The Morgan fingerprint density at radius 2 is 2.12 bits per heavy atom. The molecule has 0 saturated carbocycles. The van der Waals surface area contributed by atoms with E-state index in [0.29, 0.717) is 0 Å². The quantitative estimate of drug-likeness (QED) is 0.620. The molecule has 0 atom stereocenters. The maximum atomic E-state index is 5.73. The molecule has 0 fully saturated rings. The van der Waals surface area contributed by atoms with Crippen LogP contribution in [-0.2, 0) is 0 Å². The first-order chi connectivity index (χ1) is 7.92. The molecule has 0 aliphatic carbocycles. The van der Waals surface area contributed by atoms with Gasteiger partial charge in [-0.25, -0.2) is 0 Å². The summed E-state index contributed by atoms with van der Waals surface area (Å²) < 4.78 is 5.73. The van der Waals surface area contributed by atoms with Gasteiger partial charge in [0.15, 0.2) is 0 Å². The monoisotopic (exact) mass is 283 g/mol. The third-order valence-electron chi connectivity index (χ3n) is 2.85. The minimum atomic E-state index is 0.839. The molecule has 1 heterocycles. The van der Waals surface area contributed by atoms with Crippen LogP contribution >= 0.6 is 15.9 Å². The minimum Gasteiger partial charge on any atom is -0.491 e. The van der Waals surface area contributed by atoms with Crippen LogP contribution in [0.3, 0.4) is 0 Å². The van der Waals surface area contributed by atoms with Crippen molar-refractivity contribution in [1.29, 1.82) is 0 Å².